The fraction of sp³-hybridized carbons (Fsp3) is 1.00. The highest BCUT2D eigenvalue weighted by molar-refractivity contribution is 4.95. The first-order valence-corrected chi connectivity index (χ1v) is 8.68. The van der Waals surface area contributed by atoms with Crippen LogP contribution in [0.3, 0.4) is 0 Å². The van der Waals surface area contributed by atoms with Gasteiger partial charge < -0.3 is 10.1 Å². The maximum Gasteiger partial charge on any atom is 0.0702 e. The molecule has 5 unspecified atom stereocenters. The molecular formula is C17H34N2O. The fourth-order valence-electron chi connectivity index (χ4n) is 4.40. The van der Waals surface area contributed by atoms with Gasteiger partial charge in [-0.05, 0) is 57.5 Å². The Morgan fingerprint density at radius 3 is 2.75 bits per heavy atom. The average molecular weight is 282 g/mol. The molecule has 2 aliphatic rings. The maximum absolute atomic E-state index is 6.02. The Morgan fingerprint density at radius 2 is 2.05 bits per heavy atom. The molecule has 0 spiro atoms. The van der Waals surface area contributed by atoms with E-state index in [2.05, 4.69) is 38.0 Å². The highest BCUT2D eigenvalue weighted by Gasteiger charge is 2.38. The summed E-state index contributed by atoms with van der Waals surface area (Å²) >= 11 is 0. The third-order valence-electron chi connectivity index (χ3n) is 5.19. The van der Waals surface area contributed by atoms with Crippen LogP contribution < -0.4 is 5.32 Å². The number of hydrogen-bond acceptors (Lipinski definition) is 3. The predicted octanol–water partition coefficient (Wildman–Crippen LogP) is 2.90. The van der Waals surface area contributed by atoms with Crippen LogP contribution in [0.2, 0.25) is 0 Å². The van der Waals surface area contributed by atoms with E-state index in [0.717, 1.165) is 31.4 Å². The zero-order valence-corrected chi connectivity index (χ0v) is 13.9. The van der Waals surface area contributed by atoms with Crippen molar-refractivity contribution in [3.63, 3.8) is 0 Å². The Kier molecular flexibility index (Phi) is 6.31. The van der Waals surface area contributed by atoms with Crippen molar-refractivity contribution < 1.29 is 4.74 Å². The van der Waals surface area contributed by atoms with Crippen molar-refractivity contribution in [2.75, 3.05) is 26.7 Å². The number of likely N-dealkylation sites (N-methyl/N-ethyl adjacent to an activating group) is 1. The molecular weight excluding hydrogens is 248 g/mol. The molecule has 1 saturated carbocycles. The summed E-state index contributed by atoms with van der Waals surface area (Å²) in [6.45, 7) is 10.4. The number of rotatable bonds is 5. The van der Waals surface area contributed by atoms with Gasteiger partial charge in [0.25, 0.3) is 0 Å². The highest BCUT2D eigenvalue weighted by atomic mass is 16.5. The molecule has 3 nitrogen and oxygen atoms in total. The Balaban J connectivity index is 1.96. The fourth-order valence-corrected chi connectivity index (χ4v) is 4.40. The molecule has 0 bridgehead atoms. The highest BCUT2D eigenvalue weighted by Crippen LogP contribution is 2.33. The van der Waals surface area contributed by atoms with Crippen molar-refractivity contribution in [1.29, 1.82) is 0 Å². The van der Waals surface area contributed by atoms with Crippen LogP contribution in [0.4, 0.5) is 0 Å². The summed E-state index contributed by atoms with van der Waals surface area (Å²) in [4.78, 5) is 2.72. The quantitative estimate of drug-likeness (QED) is 0.839. The second kappa shape index (κ2) is 7.77. The molecule has 1 aliphatic carbocycles. The summed E-state index contributed by atoms with van der Waals surface area (Å²) in [6, 6.07) is 1.35. The minimum absolute atomic E-state index is 0.466. The second-order valence-corrected chi connectivity index (χ2v) is 7.07. The van der Waals surface area contributed by atoms with E-state index in [9.17, 15) is 0 Å². The van der Waals surface area contributed by atoms with Crippen LogP contribution in [-0.4, -0.2) is 49.8 Å². The van der Waals surface area contributed by atoms with Crippen molar-refractivity contribution in [1.82, 2.24) is 10.2 Å². The van der Waals surface area contributed by atoms with Gasteiger partial charge in [0, 0.05) is 25.2 Å². The zero-order valence-electron chi connectivity index (χ0n) is 13.9. The van der Waals surface area contributed by atoms with Crippen molar-refractivity contribution >= 4 is 0 Å². The van der Waals surface area contributed by atoms with Crippen LogP contribution in [-0.2, 0) is 4.74 Å². The van der Waals surface area contributed by atoms with E-state index >= 15 is 0 Å². The summed E-state index contributed by atoms with van der Waals surface area (Å²) in [5.74, 6) is 1.65. The van der Waals surface area contributed by atoms with E-state index in [0.29, 0.717) is 18.2 Å². The maximum atomic E-state index is 6.02. The van der Waals surface area contributed by atoms with Crippen molar-refractivity contribution in [3.05, 3.63) is 0 Å². The zero-order chi connectivity index (χ0) is 14.5. The number of hydrogen-bond donors (Lipinski definition) is 1. The third-order valence-corrected chi connectivity index (χ3v) is 5.19. The van der Waals surface area contributed by atoms with Crippen LogP contribution in [0.5, 0.6) is 0 Å². The normalized spacial score (nSPS) is 39.9. The van der Waals surface area contributed by atoms with Gasteiger partial charge in [0.1, 0.15) is 0 Å². The van der Waals surface area contributed by atoms with E-state index in [1.54, 1.807) is 0 Å². The van der Waals surface area contributed by atoms with Gasteiger partial charge >= 0.3 is 0 Å². The molecule has 0 aromatic heterocycles. The molecule has 0 aromatic rings. The SMILES string of the molecule is CCCOC1CCCN(C2C(C)CC(C)CC2NC)C1. The standard InChI is InChI=1S/C17H34N2O/c1-5-9-20-15-7-6-8-19(12-15)17-14(3)10-13(2)11-16(17)18-4/h13-18H,5-12H2,1-4H3. The molecule has 1 heterocycles. The van der Waals surface area contributed by atoms with Crippen molar-refractivity contribution in [2.24, 2.45) is 11.8 Å². The number of ether oxygens (including phenoxy) is 1. The lowest BCUT2D eigenvalue weighted by molar-refractivity contribution is -0.0356. The lowest BCUT2D eigenvalue weighted by atomic mass is 9.75. The van der Waals surface area contributed by atoms with E-state index in [-0.39, 0.29) is 0 Å². The van der Waals surface area contributed by atoms with Gasteiger partial charge in [-0.2, -0.15) is 0 Å². The Bertz CT molecular complexity index is 284. The molecule has 118 valence electrons. The second-order valence-electron chi connectivity index (χ2n) is 7.07. The number of nitrogens with one attached hydrogen (secondary N) is 1. The van der Waals surface area contributed by atoms with Crippen LogP contribution in [0.15, 0.2) is 0 Å². The van der Waals surface area contributed by atoms with Gasteiger partial charge in [-0.3, -0.25) is 4.90 Å². The molecule has 1 aliphatic heterocycles. The first-order valence-electron chi connectivity index (χ1n) is 8.68. The molecule has 1 saturated heterocycles. The van der Waals surface area contributed by atoms with E-state index in [1.165, 1.54) is 32.2 Å². The van der Waals surface area contributed by atoms with E-state index in [1.807, 2.05) is 0 Å². The van der Waals surface area contributed by atoms with Gasteiger partial charge in [0.2, 0.25) is 0 Å². The van der Waals surface area contributed by atoms with Crippen LogP contribution in [0, 0.1) is 11.8 Å². The molecule has 2 rings (SSSR count). The molecule has 20 heavy (non-hydrogen) atoms. The lowest BCUT2D eigenvalue weighted by Gasteiger charge is -2.48. The lowest BCUT2D eigenvalue weighted by Crippen LogP contribution is -2.58. The summed E-state index contributed by atoms with van der Waals surface area (Å²) in [5, 5.41) is 3.59. The van der Waals surface area contributed by atoms with Gasteiger partial charge in [-0.1, -0.05) is 20.8 Å². The minimum Gasteiger partial charge on any atom is -0.377 e. The number of piperidine rings is 1. The van der Waals surface area contributed by atoms with Crippen molar-refractivity contribution in [2.45, 2.75) is 71.1 Å². The van der Waals surface area contributed by atoms with Gasteiger partial charge in [-0.15, -0.1) is 0 Å². The Hall–Kier alpha value is -0.120. The van der Waals surface area contributed by atoms with Crippen LogP contribution in [0.25, 0.3) is 0 Å². The van der Waals surface area contributed by atoms with Crippen molar-refractivity contribution in [3.8, 4) is 0 Å². The summed E-state index contributed by atoms with van der Waals surface area (Å²) in [6.07, 6.45) is 6.84. The first-order chi connectivity index (χ1) is 9.65. The van der Waals surface area contributed by atoms with E-state index < -0.39 is 0 Å². The largest absolute Gasteiger partial charge is 0.377 e. The smallest absolute Gasteiger partial charge is 0.0702 e. The first kappa shape index (κ1) is 16.3. The Labute approximate surface area is 125 Å². The molecule has 0 aromatic carbocycles. The van der Waals surface area contributed by atoms with E-state index in [4.69, 9.17) is 4.74 Å². The summed E-state index contributed by atoms with van der Waals surface area (Å²) < 4.78 is 6.02. The predicted molar refractivity (Wildman–Crippen MR) is 85.0 cm³/mol. The minimum atomic E-state index is 0.466. The topological polar surface area (TPSA) is 24.5 Å². The summed E-state index contributed by atoms with van der Waals surface area (Å²) in [7, 11) is 2.14. The Morgan fingerprint density at radius 1 is 1.25 bits per heavy atom. The van der Waals surface area contributed by atoms with Gasteiger partial charge in [0.05, 0.1) is 6.10 Å². The third kappa shape index (κ3) is 3.96. The molecule has 1 N–H and O–H groups in total. The molecule has 0 amide bonds. The van der Waals surface area contributed by atoms with Crippen LogP contribution >= 0.6 is 0 Å². The summed E-state index contributed by atoms with van der Waals surface area (Å²) in [5.41, 5.74) is 0. The number of nitrogens with zero attached hydrogens (tertiary/aromatic N) is 1. The molecule has 2 fully saturated rings. The molecule has 0 radical (unpaired) electrons. The average Bonchev–Trinajstić information content (AvgIpc) is 2.44. The van der Waals surface area contributed by atoms with Gasteiger partial charge in [-0.25, -0.2) is 0 Å². The van der Waals surface area contributed by atoms with Gasteiger partial charge in [0.15, 0.2) is 0 Å². The molecule has 5 atom stereocenters. The monoisotopic (exact) mass is 282 g/mol. The van der Waals surface area contributed by atoms with Crippen LogP contribution in [0.1, 0.15) is 52.9 Å². The molecule has 3 heteroatoms. The number of likely N-dealkylation sites (tertiary alicyclic amines) is 1.